The molecular weight excluding hydrogens is 469 g/mol. The van der Waals surface area contributed by atoms with Crippen molar-refractivity contribution in [1.82, 2.24) is 10.6 Å². The third-order valence-electron chi connectivity index (χ3n) is 4.88. The van der Waals surface area contributed by atoms with Crippen LogP contribution in [0.3, 0.4) is 0 Å². The Morgan fingerprint density at radius 2 is 2.04 bits per heavy atom. The number of nitrogens with zero attached hydrogens (tertiary/aromatic N) is 1. The van der Waals surface area contributed by atoms with Gasteiger partial charge in [-0.05, 0) is 52.0 Å². The van der Waals surface area contributed by atoms with E-state index in [0.717, 1.165) is 24.2 Å². The normalized spacial score (nSPS) is 15.5. The van der Waals surface area contributed by atoms with Gasteiger partial charge in [-0.3, -0.25) is 9.79 Å². The standard InChI is InChI=1S/C21H33N3O3.HI/c1-15-11-12-19(26-4)18(14-15)16(2)24-21(22-3)23-13-7-10-20(25)27-17-8-5-6-9-17;/h11-12,14,16-17H,5-10,13H2,1-4H3,(H2,22,23,24);1H. The van der Waals surface area contributed by atoms with Crippen LogP contribution in [-0.4, -0.2) is 38.7 Å². The fraction of sp³-hybridized carbons (Fsp3) is 0.619. The highest BCUT2D eigenvalue weighted by atomic mass is 127. The molecule has 1 unspecified atom stereocenters. The molecular formula is C21H34IN3O3. The SMILES string of the molecule is CN=C(NCCCC(=O)OC1CCCC1)NC(C)c1cc(C)ccc1OC.I. The molecule has 1 aliphatic rings. The van der Waals surface area contributed by atoms with Gasteiger partial charge in [-0.1, -0.05) is 17.7 Å². The minimum absolute atomic E-state index is 0. The average molecular weight is 503 g/mol. The van der Waals surface area contributed by atoms with Gasteiger partial charge in [0.2, 0.25) is 0 Å². The zero-order chi connectivity index (χ0) is 19.6. The van der Waals surface area contributed by atoms with Gasteiger partial charge >= 0.3 is 5.97 Å². The molecule has 1 aromatic carbocycles. The van der Waals surface area contributed by atoms with E-state index < -0.39 is 0 Å². The van der Waals surface area contributed by atoms with Crippen molar-refractivity contribution in [3.05, 3.63) is 29.3 Å². The molecule has 0 spiro atoms. The van der Waals surface area contributed by atoms with Crippen molar-refractivity contribution in [3.63, 3.8) is 0 Å². The Labute approximate surface area is 185 Å². The molecule has 0 aromatic heterocycles. The molecule has 0 bridgehead atoms. The summed E-state index contributed by atoms with van der Waals surface area (Å²) in [6.07, 6.45) is 5.67. The van der Waals surface area contributed by atoms with E-state index in [-0.39, 0.29) is 42.1 Å². The second-order valence-electron chi connectivity index (χ2n) is 7.11. The van der Waals surface area contributed by atoms with Crippen LogP contribution < -0.4 is 15.4 Å². The first-order chi connectivity index (χ1) is 13.0. The lowest BCUT2D eigenvalue weighted by Crippen LogP contribution is -2.39. The number of rotatable bonds is 8. The zero-order valence-corrected chi connectivity index (χ0v) is 19.7. The lowest BCUT2D eigenvalue weighted by Gasteiger charge is -2.20. The van der Waals surface area contributed by atoms with E-state index in [1.54, 1.807) is 14.2 Å². The van der Waals surface area contributed by atoms with Gasteiger partial charge in [0.25, 0.3) is 0 Å². The number of carbonyl (C=O) groups excluding carboxylic acids is 1. The van der Waals surface area contributed by atoms with Crippen LogP contribution in [0.2, 0.25) is 0 Å². The molecule has 0 radical (unpaired) electrons. The number of aryl methyl sites for hydroxylation is 1. The highest BCUT2D eigenvalue weighted by molar-refractivity contribution is 14.0. The Morgan fingerprint density at radius 3 is 2.68 bits per heavy atom. The fourth-order valence-corrected chi connectivity index (χ4v) is 3.36. The third-order valence-corrected chi connectivity index (χ3v) is 4.88. The maximum atomic E-state index is 11.9. The second kappa shape index (κ2) is 12.9. The zero-order valence-electron chi connectivity index (χ0n) is 17.4. The Balaban J connectivity index is 0.00000392. The van der Waals surface area contributed by atoms with Gasteiger partial charge in [0.1, 0.15) is 11.9 Å². The molecule has 1 aliphatic carbocycles. The molecule has 158 valence electrons. The van der Waals surface area contributed by atoms with Crippen LogP contribution in [0.1, 0.15) is 62.6 Å². The number of guanidine groups is 1. The largest absolute Gasteiger partial charge is 0.496 e. The van der Waals surface area contributed by atoms with Crippen LogP contribution in [0.5, 0.6) is 5.75 Å². The van der Waals surface area contributed by atoms with E-state index in [2.05, 4.69) is 35.5 Å². The quantitative estimate of drug-likeness (QED) is 0.184. The number of aliphatic imine (C=N–C) groups is 1. The number of benzene rings is 1. The van der Waals surface area contributed by atoms with Crippen molar-refractivity contribution in [2.75, 3.05) is 20.7 Å². The van der Waals surface area contributed by atoms with Gasteiger partial charge in [-0.15, -0.1) is 24.0 Å². The molecule has 1 saturated carbocycles. The molecule has 1 aromatic rings. The number of nitrogens with one attached hydrogen (secondary N) is 2. The highest BCUT2D eigenvalue weighted by Gasteiger charge is 2.19. The van der Waals surface area contributed by atoms with E-state index in [9.17, 15) is 4.79 Å². The number of ether oxygens (including phenoxy) is 2. The maximum Gasteiger partial charge on any atom is 0.306 e. The Bertz CT molecular complexity index is 646. The van der Waals surface area contributed by atoms with Crippen molar-refractivity contribution in [3.8, 4) is 5.75 Å². The van der Waals surface area contributed by atoms with E-state index in [4.69, 9.17) is 9.47 Å². The van der Waals surface area contributed by atoms with Crippen LogP contribution in [0.15, 0.2) is 23.2 Å². The molecule has 0 heterocycles. The molecule has 1 fully saturated rings. The Morgan fingerprint density at radius 1 is 1.32 bits per heavy atom. The van der Waals surface area contributed by atoms with E-state index in [1.165, 1.54) is 18.4 Å². The summed E-state index contributed by atoms with van der Waals surface area (Å²) in [6.45, 7) is 4.80. The lowest BCUT2D eigenvalue weighted by atomic mass is 10.0. The number of methoxy groups -OCH3 is 1. The summed E-state index contributed by atoms with van der Waals surface area (Å²) in [5.74, 6) is 1.46. The predicted molar refractivity (Wildman–Crippen MR) is 124 cm³/mol. The molecule has 1 atom stereocenters. The second-order valence-corrected chi connectivity index (χ2v) is 7.11. The van der Waals surface area contributed by atoms with Gasteiger partial charge in [0.05, 0.1) is 13.2 Å². The first-order valence-corrected chi connectivity index (χ1v) is 9.84. The average Bonchev–Trinajstić information content (AvgIpc) is 3.16. The summed E-state index contributed by atoms with van der Waals surface area (Å²) in [4.78, 5) is 16.1. The van der Waals surface area contributed by atoms with Gasteiger partial charge in [-0.25, -0.2) is 0 Å². The van der Waals surface area contributed by atoms with Crippen molar-refractivity contribution in [1.29, 1.82) is 0 Å². The first-order valence-electron chi connectivity index (χ1n) is 9.84. The van der Waals surface area contributed by atoms with E-state index >= 15 is 0 Å². The van der Waals surface area contributed by atoms with Crippen LogP contribution in [-0.2, 0) is 9.53 Å². The van der Waals surface area contributed by atoms with Crippen molar-refractivity contribution >= 4 is 35.9 Å². The molecule has 0 saturated heterocycles. The summed E-state index contributed by atoms with van der Waals surface area (Å²) in [5.41, 5.74) is 2.27. The molecule has 2 N–H and O–H groups in total. The summed E-state index contributed by atoms with van der Waals surface area (Å²) >= 11 is 0. The molecule has 0 aliphatic heterocycles. The Kier molecular flexibility index (Phi) is 11.3. The summed E-state index contributed by atoms with van der Waals surface area (Å²) in [7, 11) is 3.42. The lowest BCUT2D eigenvalue weighted by molar-refractivity contribution is -0.148. The molecule has 7 heteroatoms. The van der Waals surface area contributed by atoms with Gasteiger partial charge in [0.15, 0.2) is 5.96 Å². The minimum atomic E-state index is -0.0930. The smallest absolute Gasteiger partial charge is 0.306 e. The molecule has 0 amide bonds. The van der Waals surface area contributed by atoms with Crippen molar-refractivity contribution < 1.29 is 14.3 Å². The van der Waals surface area contributed by atoms with Crippen molar-refractivity contribution in [2.45, 2.75) is 64.5 Å². The summed E-state index contributed by atoms with van der Waals surface area (Å²) in [5, 5.41) is 6.64. The number of halogens is 1. The monoisotopic (exact) mass is 503 g/mol. The molecule has 6 nitrogen and oxygen atoms in total. The van der Waals surface area contributed by atoms with Crippen LogP contribution in [0.4, 0.5) is 0 Å². The minimum Gasteiger partial charge on any atom is -0.496 e. The maximum absolute atomic E-state index is 11.9. The van der Waals surface area contributed by atoms with Gasteiger partial charge in [0, 0.05) is 25.6 Å². The number of carbonyl (C=O) groups is 1. The number of hydrogen-bond donors (Lipinski definition) is 2. The topological polar surface area (TPSA) is 72.0 Å². The summed E-state index contributed by atoms with van der Waals surface area (Å²) in [6, 6.07) is 6.17. The van der Waals surface area contributed by atoms with Crippen LogP contribution >= 0.6 is 24.0 Å². The first kappa shape index (κ1) is 24.5. The van der Waals surface area contributed by atoms with Crippen LogP contribution in [0, 0.1) is 6.92 Å². The van der Waals surface area contributed by atoms with E-state index in [0.29, 0.717) is 25.3 Å². The number of esters is 1. The van der Waals surface area contributed by atoms with Crippen LogP contribution in [0.25, 0.3) is 0 Å². The highest BCUT2D eigenvalue weighted by Crippen LogP contribution is 2.26. The third kappa shape index (κ3) is 7.85. The fourth-order valence-electron chi connectivity index (χ4n) is 3.36. The molecule has 2 rings (SSSR count). The van der Waals surface area contributed by atoms with Crippen molar-refractivity contribution in [2.24, 2.45) is 4.99 Å². The van der Waals surface area contributed by atoms with Gasteiger partial charge < -0.3 is 20.1 Å². The molecule has 28 heavy (non-hydrogen) atoms. The Hall–Kier alpha value is -1.51. The predicted octanol–water partition coefficient (Wildman–Crippen LogP) is 4.11. The number of hydrogen-bond acceptors (Lipinski definition) is 4. The van der Waals surface area contributed by atoms with E-state index in [1.807, 2.05) is 12.1 Å². The summed E-state index contributed by atoms with van der Waals surface area (Å²) < 4.78 is 10.9. The van der Waals surface area contributed by atoms with Gasteiger partial charge in [-0.2, -0.15) is 0 Å².